The summed E-state index contributed by atoms with van der Waals surface area (Å²) in [5.41, 5.74) is 0.115. The first-order valence-electron chi connectivity index (χ1n) is 29.0. The van der Waals surface area contributed by atoms with Crippen LogP contribution >= 0.6 is 6.83 Å². The Bertz CT molecular complexity index is 1370. The molecular formula is C58H109O7PS. The van der Waals surface area contributed by atoms with E-state index < -0.39 is 28.9 Å². The zero-order chi connectivity index (χ0) is 49.2. The van der Waals surface area contributed by atoms with Crippen LogP contribution < -0.4 is 0 Å². The average Bonchev–Trinajstić information content (AvgIpc) is 3.32. The van der Waals surface area contributed by atoms with E-state index in [1.807, 2.05) is 0 Å². The van der Waals surface area contributed by atoms with Crippen molar-refractivity contribution in [2.45, 2.75) is 290 Å². The second kappa shape index (κ2) is 41.2. The van der Waals surface area contributed by atoms with Crippen LogP contribution in [-0.2, 0) is 23.6 Å². The number of benzene rings is 1. The molecule has 0 spiro atoms. The minimum atomic E-state index is -4.43. The molecule has 0 unspecified atom stereocenters. The molecule has 1 aromatic carbocycles. The molecular weight excluding hydrogens is 872 g/mol. The van der Waals surface area contributed by atoms with Gasteiger partial charge in [0, 0.05) is 0 Å². The normalized spacial score (nSPS) is 12.6. The van der Waals surface area contributed by atoms with Crippen molar-refractivity contribution in [2.75, 3.05) is 37.9 Å². The summed E-state index contributed by atoms with van der Waals surface area (Å²) in [5, 5.41) is 0. The third kappa shape index (κ3) is 30.1. The molecule has 0 aliphatic carbocycles. The van der Waals surface area contributed by atoms with Crippen LogP contribution in [0, 0.1) is 0 Å². The van der Waals surface area contributed by atoms with E-state index in [-0.39, 0.29) is 29.2 Å². The Morgan fingerprint density at radius 1 is 0.358 bits per heavy atom. The van der Waals surface area contributed by atoms with Gasteiger partial charge in [0.05, 0.1) is 0 Å². The summed E-state index contributed by atoms with van der Waals surface area (Å²) >= 11 is 0. The minimum absolute atomic E-state index is 0.0575. The molecule has 9 heteroatoms. The van der Waals surface area contributed by atoms with E-state index in [2.05, 4.69) is 41.5 Å². The number of carbonyl (C=O) groups excluding carboxylic acids is 2. The molecule has 0 aliphatic rings. The van der Waals surface area contributed by atoms with Crippen LogP contribution in [0.1, 0.15) is 306 Å². The number of carbonyl (C=O) groups is 2. The second-order valence-electron chi connectivity index (χ2n) is 20.6. The molecule has 0 atom stereocenters. The van der Waals surface area contributed by atoms with Crippen molar-refractivity contribution in [1.82, 2.24) is 0 Å². The van der Waals surface area contributed by atoms with Gasteiger partial charge < -0.3 is 0 Å². The molecule has 7 nitrogen and oxygen atoms in total. The summed E-state index contributed by atoms with van der Waals surface area (Å²) in [4.78, 5) is 27.3. The fourth-order valence-electron chi connectivity index (χ4n) is 9.90. The van der Waals surface area contributed by atoms with E-state index in [4.69, 9.17) is 13.4 Å². The summed E-state index contributed by atoms with van der Waals surface area (Å²) in [7, 11) is -4.43. The molecule has 67 heavy (non-hydrogen) atoms. The third-order valence-electron chi connectivity index (χ3n) is 14.2. The van der Waals surface area contributed by atoms with Crippen molar-refractivity contribution in [3.8, 4) is 0 Å². The van der Waals surface area contributed by atoms with Gasteiger partial charge in [0.25, 0.3) is 0 Å². The molecule has 0 heterocycles. The summed E-state index contributed by atoms with van der Waals surface area (Å²) in [6, 6.07) is 4.28. The fourth-order valence-corrected chi connectivity index (χ4v) is 19.6. The van der Waals surface area contributed by atoms with Gasteiger partial charge in [-0.3, -0.25) is 0 Å². The molecule has 0 fully saturated rings. The standard InChI is InChI=1S/C58H109O7PS/c1-7-13-19-25-29-30-31-32-33-34-38-44-50-66(47-41-35-26-20-14-8-2,48-42-36-27-21-15-9-3,49-43-37-28-22-16-10-4)65-67(61,62)56-52-54(57(59)63-45-39-23-17-11-5)51-55(53-56)58(60)64-46-40-24-18-12-6/h51-53H,7-50H2,1-6H3. The van der Waals surface area contributed by atoms with Crippen molar-refractivity contribution in [2.24, 2.45) is 0 Å². The van der Waals surface area contributed by atoms with Gasteiger partial charge in [0.2, 0.25) is 0 Å². The first kappa shape index (κ1) is 63.5. The monoisotopic (exact) mass is 981 g/mol. The Labute approximate surface area is 416 Å². The Balaban J connectivity index is 3.79. The summed E-state index contributed by atoms with van der Waals surface area (Å²) in [6.07, 6.45) is 46.5. The van der Waals surface area contributed by atoms with Crippen LogP contribution in [0.25, 0.3) is 0 Å². The molecule has 0 N–H and O–H groups in total. The summed E-state index contributed by atoms with van der Waals surface area (Å²) in [5.74, 6) is -1.24. The average molecular weight is 982 g/mol. The van der Waals surface area contributed by atoms with Crippen LogP contribution in [0.4, 0.5) is 0 Å². The van der Waals surface area contributed by atoms with E-state index in [1.165, 1.54) is 140 Å². The quantitative estimate of drug-likeness (QED) is 0.0364. The molecule has 0 saturated heterocycles. The SMILES string of the molecule is CCCCCCCCCCCCCCP(CCCCCCCC)(CCCCCCCC)(CCCCCCCC)OS(=O)(=O)c1cc(C(=O)OCCCCCC)cc(C(=O)OCCCCCC)c1. The van der Waals surface area contributed by atoms with Crippen LogP contribution in [-0.4, -0.2) is 58.2 Å². The molecule has 1 aromatic rings. The number of ether oxygens (including phenoxy) is 2. The number of rotatable bonds is 49. The van der Waals surface area contributed by atoms with Crippen molar-refractivity contribution in [3.05, 3.63) is 29.3 Å². The Morgan fingerprint density at radius 3 is 0.866 bits per heavy atom. The number of unbranched alkanes of at least 4 members (excludes halogenated alkanes) is 32. The summed E-state index contributed by atoms with van der Waals surface area (Å²) < 4.78 is 49.6. The predicted octanol–water partition coefficient (Wildman–Crippen LogP) is 19.1. The molecule has 1 rings (SSSR count). The Hall–Kier alpha value is -1.50. The number of hydrogen-bond acceptors (Lipinski definition) is 7. The predicted molar refractivity (Wildman–Crippen MR) is 291 cm³/mol. The Morgan fingerprint density at radius 2 is 0.597 bits per heavy atom. The first-order valence-corrected chi connectivity index (χ1v) is 33.3. The number of esters is 2. The molecule has 0 bridgehead atoms. The fraction of sp³-hybridized carbons (Fsp3) is 0.862. The van der Waals surface area contributed by atoms with E-state index in [1.54, 1.807) is 0 Å². The maximum atomic E-state index is 15.4. The zero-order valence-corrected chi connectivity index (χ0v) is 46.8. The molecule has 0 saturated carbocycles. The third-order valence-corrected chi connectivity index (χ3v) is 23.3. The second-order valence-corrected chi connectivity index (χ2v) is 28.1. The van der Waals surface area contributed by atoms with E-state index in [0.29, 0.717) is 0 Å². The van der Waals surface area contributed by atoms with Crippen LogP contribution in [0.5, 0.6) is 0 Å². The van der Waals surface area contributed by atoms with Crippen molar-refractivity contribution < 1.29 is 31.5 Å². The van der Waals surface area contributed by atoms with E-state index >= 15 is 8.42 Å². The summed E-state index contributed by atoms with van der Waals surface area (Å²) in [6.45, 7) is 10.3. The van der Waals surface area contributed by atoms with Crippen LogP contribution in [0.15, 0.2) is 23.1 Å². The van der Waals surface area contributed by atoms with Crippen molar-refractivity contribution >= 4 is 28.9 Å². The van der Waals surface area contributed by atoms with Gasteiger partial charge in [-0.1, -0.05) is 27.2 Å². The van der Waals surface area contributed by atoms with Crippen molar-refractivity contribution in [1.29, 1.82) is 0 Å². The van der Waals surface area contributed by atoms with Gasteiger partial charge in [-0.05, 0) is 0 Å². The van der Waals surface area contributed by atoms with Gasteiger partial charge in [-0.25, -0.2) is 0 Å². The topological polar surface area (TPSA) is 96.0 Å². The molecule has 0 amide bonds. The van der Waals surface area contributed by atoms with E-state index in [0.717, 1.165) is 147 Å². The van der Waals surface area contributed by atoms with Crippen molar-refractivity contribution in [3.63, 3.8) is 0 Å². The van der Waals surface area contributed by atoms with Gasteiger partial charge in [0.15, 0.2) is 0 Å². The van der Waals surface area contributed by atoms with Crippen LogP contribution in [0.3, 0.4) is 0 Å². The number of hydrogen-bond donors (Lipinski definition) is 0. The molecule has 0 aromatic heterocycles. The van der Waals surface area contributed by atoms with Gasteiger partial charge in [-0.2, -0.15) is 0 Å². The maximum absolute atomic E-state index is 15.4. The molecule has 0 aliphatic heterocycles. The Kier molecular flexibility index (Phi) is 39.0. The van der Waals surface area contributed by atoms with Crippen LogP contribution in [0.2, 0.25) is 0 Å². The molecule has 0 radical (unpaired) electrons. The van der Waals surface area contributed by atoms with Gasteiger partial charge in [0.1, 0.15) is 0 Å². The zero-order valence-electron chi connectivity index (χ0n) is 45.1. The van der Waals surface area contributed by atoms with Gasteiger partial charge >= 0.3 is 391 Å². The van der Waals surface area contributed by atoms with Gasteiger partial charge in [-0.15, -0.1) is 0 Å². The van der Waals surface area contributed by atoms with E-state index in [9.17, 15) is 9.59 Å². The first-order chi connectivity index (χ1) is 32.6. The molecule has 394 valence electrons.